The fourth-order valence-corrected chi connectivity index (χ4v) is 2.00. The molecule has 3 heteroatoms. The first-order valence-electron chi connectivity index (χ1n) is 5.78. The lowest BCUT2D eigenvalue weighted by molar-refractivity contribution is -0.138. The number of rotatable bonds is 5. The van der Waals surface area contributed by atoms with Gasteiger partial charge in [-0.25, -0.2) is 0 Å². The van der Waals surface area contributed by atoms with Crippen LogP contribution in [0.25, 0.3) is 0 Å². The topological polar surface area (TPSA) is 58.0 Å². The number of carbonyl (C=O) groups excluding carboxylic acids is 2. The molecule has 0 saturated heterocycles. The van der Waals surface area contributed by atoms with Gasteiger partial charge in [0, 0.05) is 11.6 Å². The van der Waals surface area contributed by atoms with E-state index in [9.17, 15) is 9.59 Å². The van der Waals surface area contributed by atoms with Gasteiger partial charge in [0.05, 0.1) is 6.42 Å². The van der Waals surface area contributed by atoms with Gasteiger partial charge in [-0.1, -0.05) is 26.2 Å². The minimum Gasteiger partial charge on any atom is -0.309 e. The van der Waals surface area contributed by atoms with Crippen LogP contribution in [0.15, 0.2) is 0 Å². The van der Waals surface area contributed by atoms with Crippen molar-refractivity contribution in [2.75, 3.05) is 0 Å². The molecule has 1 saturated carbocycles. The Kier molecular flexibility index (Phi) is 4.66. The number of hydrogen-bond acceptors (Lipinski definition) is 3. The molecule has 0 bridgehead atoms. The molecular weight excluding hydrogens is 190 g/mol. The first-order chi connectivity index (χ1) is 7.15. The quantitative estimate of drug-likeness (QED) is 0.558. The van der Waals surface area contributed by atoms with Crippen LogP contribution in [0.1, 0.15) is 51.9 Å². The van der Waals surface area contributed by atoms with Gasteiger partial charge in [0.15, 0.2) is 0 Å². The summed E-state index contributed by atoms with van der Waals surface area (Å²) >= 11 is 0. The molecule has 0 atom stereocenters. The largest absolute Gasteiger partial charge is 0.309 e. The van der Waals surface area contributed by atoms with Gasteiger partial charge < -0.3 is 5.41 Å². The van der Waals surface area contributed by atoms with E-state index in [0.29, 0.717) is 12.1 Å². The number of nitrogens with one attached hydrogen (secondary N) is 1. The predicted octanol–water partition coefficient (Wildman–Crippen LogP) is 2.52. The van der Waals surface area contributed by atoms with E-state index in [0.717, 1.165) is 25.7 Å². The summed E-state index contributed by atoms with van der Waals surface area (Å²) in [6.45, 7) is 1.83. The van der Waals surface area contributed by atoms with Gasteiger partial charge in [-0.2, -0.15) is 0 Å². The van der Waals surface area contributed by atoms with E-state index < -0.39 is 0 Å². The third-order valence-electron chi connectivity index (χ3n) is 3.05. The van der Waals surface area contributed by atoms with E-state index in [1.165, 1.54) is 6.42 Å². The van der Waals surface area contributed by atoms with Crippen LogP contribution >= 0.6 is 0 Å². The highest BCUT2D eigenvalue weighted by atomic mass is 16.2. The molecule has 15 heavy (non-hydrogen) atoms. The third kappa shape index (κ3) is 3.57. The molecule has 0 aliphatic heterocycles. The summed E-state index contributed by atoms with van der Waals surface area (Å²) in [5.74, 6) is -0.627. The predicted molar refractivity (Wildman–Crippen MR) is 59.2 cm³/mol. The van der Waals surface area contributed by atoms with Gasteiger partial charge in [-0.15, -0.1) is 0 Å². The summed E-state index contributed by atoms with van der Waals surface area (Å²) in [5.41, 5.74) is 0.365. The SMILES string of the molecule is CCC(=N)CC(=O)C(=O)C1CCCCC1. The zero-order valence-electron chi connectivity index (χ0n) is 9.34. The second-order valence-electron chi connectivity index (χ2n) is 4.26. The van der Waals surface area contributed by atoms with Crippen LogP contribution in [-0.4, -0.2) is 17.3 Å². The fraction of sp³-hybridized carbons (Fsp3) is 0.750. The molecule has 1 aliphatic carbocycles. The van der Waals surface area contributed by atoms with Gasteiger partial charge >= 0.3 is 0 Å². The van der Waals surface area contributed by atoms with E-state index in [4.69, 9.17) is 5.41 Å². The minimum atomic E-state index is -0.353. The molecule has 1 rings (SSSR count). The molecule has 0 radical (unpaired) electrons. The molecule has 1 aliphatic rings. The van der Waals surface area contributed by atoms with Crippen molar-refractivity contribution in [3.8, 4) is 0 Å². The molecule has 3 nitrogen and oxygen atoms in total. The zero-order valence-corrected chi connectivity index (χ0v) is 9.34. The first kappa shape index (κ1) is 12.1. The average molecular weight is 209 g/mol. The Morgan fingerprint density at radius 2 is 1.80 bits per heavy atom. The Bertz CT molecular complexity index is 265. The van der Waals surface area contributed by atoms with Gasteiger partial charge in [0.25, 0.3) is 0 Å². The number of hydrogen-bond donors (Lipinski definition) is 1. The Balaban J connectivity index is 2.44. The lowest BCUT2D eigenvalue weighted by Crippen LogP contribution is -2.27. The summed E-state index contributed by atoms with van der Waals surface area (Å²) in [6, 6.07) is 0. The summed E-state index contributed by atoms with van der Waals surface area (Å²) in [5, 5.41) is 7.40. The van der Waals surface area contributed by atoms with E-state index >= 15 is 0 Å². The maximum Gasteiger partial charge on any atom is 0.204 e. The minimum absolute atomic E-state index is 0.0336. The van der Waals surface area contributed by atoms with Crippen LogP contribution in [-0.2, 0) is 9.59 Å². The van der Waals surface area contributed by atoms with Crippen molar-refractivity contribution in [1.82, 2.24) is 0 Å². The molecule has 0 unspecified atom stereocenters. The molecule has 0 spiro atoms. The summed E-state index contributed by atoms with van der Waals surface area (Å²) in [4.78, 5) is 23.2. The van der Waals surface area contributed by atoms with Crippen LogP contribution in [0.5, 0.6) is 0 Å². The van der Waals surface area contributed by atoms with Crippen molar-refractivity contribution in [3.05, 3.63) is 0 Å². The monoisotopic (exact) mass is 209 g/mol. The van der Waals surface area contributed by atoms with E-state index in [1.807, 2.05) is 6.92 Å². The van der Waals surface area contributed by atoms with Crippen LogP contribution in [0.3, 0.4) is 0 Å². The van der Waals surface area contributed by atoms with Crippen LogP contribution in [0.2, 0.25) is 0 Å². The molecular formula is C12H19NO2. The maximum absolute atomic E-state index is 11.7. The van der Waals surface area contributed by atoms with E-state index in [1.54, 1.807) is 0 Å². The molecule has 0 heterocycles. The van der Waals surface area contributed by atoms with Crippen molar-refractivity contribution in [2.24, 2.45) is 5.92 Å². The van der Waals surface area contributed by atoms with Gasteiger partial charge in [-0.05, 0) is 19.3 Å². The maximum atomic E-state index is 11.7. The Morgan fingerprint density at radius 1 is 1.20 bits per heavy atom. The Hall–Kier alpha value is -0.990. The van der Waals surface area contributed by atoms with E-state index in [-0.39, 0.29) is 23.9 Å². The highest BCUT2D eigenvalue weighted by Gasteiger charge is 2.26. The summed E-state index contributed by atoms with van der Waals surface area (Å²) in [7, 11) is 0. The fourth-order valence-electron chi connectivity index (χ4n) is 2.00. The zero-order chi connectivity index (χ0) is 11.3. The van der Waals surface area contributed by atoms with Gasteiger partial charge in [0.1, 0.15) is 0 Å². The number of ketones is 2. The molecule has 0 aromatic heterocycles. The highest BCUT2D eigenvalue weighted by Crippen LogP contribution is 2.24. The molecule has 0 aromatic carbocycles. The third-order valence-corrected chi connectivity index (χ3v) is 3.05. The molecule has 84 valence electrons. The number of Topliss-reactive ketones (excluding diaryl/α,β-unsaturated/α-hetero) is 2. The smallest absolute Gasteiger partial charge is 0.204 e. The summed E-state index contributed by atoms with van der Waals surface area (Å²) < 4.78 is 0. The van der Waals surface area contributed by atoms with Crippen LogP contribution < -0.4 is 0 Å². The molecule has 0 aromatic rings. The number of carbonyl (C=O) groups is 2. The van der Waals surface area contributed by atoms with Crippen LogP contribution in [0, 0.1) is 11.3 Å². The lowest BCUT2D eigenvalue weighted by atomic mass is 9.84. The second kappa shape index (κ2) is 5.79. The van der Waals surface area contributed by atoms with Crippen molar-refractivity contribution >= 4 is 17.3 Å². The van der Waals surface area contributed by atoms with Crippen molar-refractivity contribution in [2.45, 2.75) is 51.9 Å². The average Bonchev–Trinajstić information content (AvgIpc) is 2.29. The van der Waals surface area contributed by atoms with Crippen LogP contribution in [0.4, 0.5) is 0 Å². The molecule has 0 amide bonds. The highest BCUT2D eigenvalue weighted by molar-refractivity contribution is 6.41. The molecule has 1 fully saturated rings. The summed E-state index contributed by atoms with van der Waals surface area (Å²) in [6.07, 6.45) is 5.64. The Labute approximate surface area is 90.8 Å². The van der Waals surface area contributed by atoms with Crippen molar-refractivity contribution in [3.63, 3.8) is 0 Å². The normalized spacial score (nSPS) is 17.4. The molecule has 1 N–H and O–H groups in total. The second-order valence-corrected chi connectivity index (χ2v) is 4.26. The van der Waals surface area contributed by atoms with Gasteiger partial charge in [-0.3, -0.25) is 9.59 Å². The van der Waals surface area contributed by atoms with Gasteiger partial charge in [0.2, 0.25) is 11.6 Å². The van der Waals surface area contributed by atoms with Crippen molar-refractivity contribution in [1.29, 1.82) is 5.41 Å². The van der Waals surface area contributed by atoms with E-state index in [2.05, 4.69) is 0 Å². The first-order valence-corrected chi connectivity index (χ1v) is 5.78. The standard InChI is InChI=1S/C12H19NO2/c1-2-10(13)8-11(14)12(15)9-6-4-3-5-7-9/h9,13H,2-8H2,1H3. The Morgan fingerprint density at radius 3 is 2.33 bits per heavy atom. The van der Waals surface area contributed by atoms with Crippen molar-refractivity contribution < 1.29 is 9.59 Å². The lowest BCUT2D eigenvalue weighted by Gasteiger charge is -2.19.